The molecule has 0 saturated carbocycles. The number of hydrogen-bond acceptors (Lipinski definition) is 2. The number of nitrogens with two attached hydrogens (primary N) is 1. The first kappa shape index (κ1) is 16.7. The van der Waals surface area contributed by atoms with Gasteiger partial charge in [0.25, 0.3) is 0 Å². The first-order valence-electron chi connectivity index (χ1n) is 0.712. The Labute approximate surface area is 51.5 Å². The number of rotatable bonds is 0. The van der Waals surface area contributed by atoms with Gasteiger partial charge in [-0.2, -0.15) is 0 Å². The van der Waals surface area contributed by atoms with E-state index in [0.717, 1.165) is 0 Å². The minimum Gasteiger partial charge on any atom is -0.560 e. The Morgan fingerprint density at radius 3 is 1.83 bits per heavy atom. The zero-order valence-electron chi connectivity index (χ0n) is 3.38. The largest absolute Gasteiger partial charge is 2.00 e. The Morgan fingerprint density at radius 2 is 1.83 bits per heavy atom. The zero-order chi connectivity index (χ0) is 3.41. The van der Waals surface area contributed by atoms with Crippen LogP contribution in [0, 0.1) is 7.43 Å². The van der Waals surface area contributed by atoms with Crippen molar-refractivity contribution in [2.24, 2.45) is 10.9 Å². The van der Waals surface area contributed by atoms with Crippen LogP contribution in [0.2, 0.25) is 0 Å². The molecule has 0 aromatic heterocycles. The molecule has 0 rings (SSSR count). The van der Waals surface area contributed by atoms with Gasteiger partial charge in [-0.05, 0) is 0 Å². The maximum Gasteiger partial charge on any atom is 2.00 e. The predicted molar refractivity (Wildman–Crippen MR) is 19.8 cm³/mol. The van der Waals surface area contributed by atoms with Crippen molar-refractivity contribution in [1.82, 2.24) is 0 Å². The Kier molecular flexibility index (Phi) is 56.5. The van der Waals surface area contributed by atoms with Crippen LogP contribution in [0.15, 0.2) is 5.16 Å². The van der Waals surface area contributed by atoms with Crippen molar-refractivity contribution in [3.63, 3.8) is 0 Å². The molecule has 0 atom stereocenters. The van der Waals surface area contributed by atoms with Crippen LogP contribution in [0.1, 0.15) is 0 Å². The second-order valence-corrected chi connectivity index (χ2v) is 0.229. The molecule has 0 aromatic rings. The molecular weight excluding hydrogens is 252 g/mol. The maximum atomic E-state index is 7.26. The zero-order valence-corrected chi connectivity index (χ0v) is 6.31. The molecule has 0 aliphatic heterocycles. The minimum absolute atomic E-state index is 0. The molecule has 0 heterocycles. The van der Waals surface area contributed by atoms with E-state index >= 15 is 0 Å². The molecule has 0 spiro atoms. The van der Waals surface area contributed by atoms with E-state index in [2.05, 4.69) is 10.9 Å². The predicted octanol–water partition coefficient (Wildman–Crippen LogP) is -0.313. The Morgan fingerprint density at radius 1 is 1.67 bits per heavy atom. The van der Waals surface area contributed by atoms with Gasteiger partial charge >= 0.3 is 21.1 Å². The van der Waals surface area contributed by atoms with E-state index in [1.54, 1.807) is 6.34 Å². The molecule has 0 radical (unpaired) electrons. The molecule has 3 N–H and O–H groups in total. The molecule has 0 unspecified atom stereocenters. The van der Waals surface area contributed by atoms with Gasteiger partial charge in [0.2, 0.25) is 0 Å². The Hall–Kier alpha value is -0.0417. The fraction of sp³-hybridized carbons (Fsp3) is 0. The quantitative estimate of drug-likeness (QED) is 0.156. The van der Waals surface area contributed by atoms with Gasteiger partial charge in [0, 0.05) is 0 Å². The van der Waals surface area contributed by atoms with Crippen LogP contribution in [0.5, 0.6) is 0 Å². The normalized spacial score (nSPS) is 6.00. The number of nitrogens with zero attached hydrogens (tertiary/aromatic N) is 1. The van der Waals surface area contributed by atoms with Gasteiger partial charge in [0.15, 0.2) is 0 Å². The SMILES string of the molecule is N[C-]=NO.[CH3-].[W+2]. The van der Waals surface area contributed by atoms with Gasteiger partial charge in [0.1, 0.15) is 0 Å². The fourth-order valence-corrected chi connectivity index (χ4v) is 0. The summed E-state index contributed by atoms with van der Waals surface area (Å²) >= 11 is 0. The summed E-state index contributed by atoms with van der Waals surface area (Å²) < 4.78 is 0. The van der Waals surface area contributed by atoms with Gasteiger partial charge in [-0.15, -0.1) is 0 Å². The summed E-state index contributed by atoms with van der Waals surface area (Å²) in [5, 5.41) is 9.53. The van der Waals surface area contributed by atoms with Gasteiger partial charge in [-0.3, -0.25) is 11.5 Å². The molecule has 3 nitrogen and oxygen atoms in total. The molecule has 6 heavy (non-hydrogen) atoms. The van der Waals surface area contributed by atoms with Crippen LogP contribution >= 0.6 is 0 Å². The summed E-state index contributed by atoms with van der Waals surface area (Å²) in [7, 11) is 0. The standard InChI is InChI=1S/CH3N2O.CH3.W/c2-1-3-4;;/h4H,(H2,2,3);1H3;/q2*-1;+2. The van der Waals surface area contributed by atoms with E-state index in [0.29, 0.717) is 0 Å². The molecule has 0 fully saturated rings. The smallest absolute Gasteiger partial charge is 0.560 e. The summed E-state index contributed by atoms with van der Waals surface area (Å²) in [6, 6.07) is 0. The Balaban J connectivity index is -0.0000000450. The fourth-order valence-electron chi connectivity index (χ4n) is 0. The van der Waals surface area contributed by atoms with Crippen LogP contribution in [0.4, 0.5) is 0 Å². The third kappa shape index (κ3) is 37.7. The average molecular weight is 258 g/mol. The summed E-state index contributed by atoms with van der Waals surface area (Å²) in [4.78, 5) is 0. The minimum atomic E-state index is 0. The third-order valence-corrected chi connectivity index (χ3v) is 0.0577. The van der Waals surface area contributed by atoms with E-state index in [4.69, 9.17) is 5.21 Å². The van der Waals surface area contributed by atoms with Crippen LogP contribution < -0.4 is 5.73 Å². The van der Waals surface area contributed by atoms with Crippen molar-refractivity contribution in [2.75, 3.05) is 0 Å². The van der Waals surface area contributed by atoms with E-state index in [-0.39, 0.29) is 28.5 Å². The molecule has 36 valence electrons. The first-order chi connectivity index (χ1) is 1.91. The molecule has 4 heteroatoms. The van der Waals surface area contributed by atoms with Crippen molar-refractivity contribution in [3.05, 3.63) is 7.43 Å². The van der Waals surface area contributed by atoms with Crippen LogP contribution in [-0.4, -0.2) is 11.5 Å². The van der Waals surface area contributed by atoms with Crippen molar-refractivity contribution >= 4 is 6.34 Å². The van der Waals surface area contributed by atoms with Crippen molar-refractivity contribution < 1.29 is 26.3 Å². The van der Waals surface area contributed by atoms with Crippen molar-refractivity contribution in [1.29, 1.82) is 0 Å². The summed E-state index contributed by atoms with van der Waals surface area (Å²) in [5.41, 5.74) is 4.36. The van der Waals surface area contributed by atoms with Crippen LogP contribution in [-0.2, 0) is 21.1 Å². The van der Waals surface area contributed by atoms with Crippen molar-refractivity contribution in [3.8, 4) is 0 Å². The second kappa shape index (κ2) is 20.3. The van der Waals surface area contributed by atoms with Crippen LogP contribution in [0.3, 0.4) is 0 Å². The summed E-state index contributed by atoms with van der Waals surface area (Å²) in [6.45, 7) is 0. The second-order valence-electron chi connectivity index (χ2n) is 0.229. The molecule has 0 aliphatic carbocycles. The molecule has 0 saturated heterocycles. The summed E-state index contributed by atoms with van der Waals surface area (Å²) in [5.74, 6) is 0. The average Bonchev–Trinajstić information content (AvgIpc) is 1.37. The molecule has 0 bridgehead atoms. The monoisotopic (exact) mass is 258 g/mol. The van der Waals surface area contributed by atoms with E-state index < -0.39 is 0 Å². The number of hydrogen-bond donors (Lipinski definition) is 2. The van der Waals surface area contributed by atoms with Crippen molar-refractivity contribution in [2.45, 2.75) is 0 Å². The molecular formula is C2H6N2OW. The molecule has 0 aromatic carbocycles. The van der Waals surface area contributed by atoms with Gasteiger partial charge in [0.05, 0.1) is 0 Å². The van der Waals surface area contributed by atoms with Gasteiger partial charge < -0.3 is 18.4 Å². The molecule has 0 aliphatic rings. The van der Waals surface area contributed by atoms with Gasteiger partial charge in [-0.25, -0.2) is 0 Å². The topological polar surface area (TPSA) is 58.6 Å². The molecule has 0 amide bonds. The van der Waals surface area contributed by atoms with E-state index in [1.165, 1.54) is 0 Å². The van der Waals surface area contributed by atoms with E-state index in [1.807, 2.05) is 0 Å². The Bertz CT molecular complexity index is 26.7. The maximum absolute atomic E-state index is 7.26. The van der Waals surface area contributed by atoms with Crippen LogP contribution in [0.25, 0.3) is 0 Å². The first-order valence-corrected chi connectivity index (χ1v) is 0.712. The third-order valence-electron chi connectivity index (χ3n) is 0.0577. The van der Waals surface area contributed by atoms with E-state index in [9.17, 15) is 0 Å². The van der Waals surface area contributed by atoms with Gasteiger partial charge in [-0.1, -0.05) is 0 Å². The summed E-state index contributed by atoms with van der Waals surface area (Å²) in [6.07, 6.45) is 1.61.